The topological polar surface area (TPSA) is 95.9 Å². The molecule has 2 unspecified atom stereocenters. The Morgan fingerprint density at radius 3 is 0.934 bits per heavy atom. The summed E-state index contributed by atoms with van der Waals surface area (Å²) in [6, 6.07) is -0.547. The van der Waals surface area contributed by atoms with Crippen molar-refractivity contribution in [2.24, 2.45) is 0 Å². The van der Waals surface area contributed by atoms with Gasteiger partial charge in [-0.2, -0.15) is 0 Å². The molecule has 0 aromatic carbocycles. The number of hydrogen-bond donors (Lipinski definition) is 3. The summed E-state index contributed by atoms with van der Waals surface area (Å²) >= 11 is 0. The second-order valence-corrected chi connectivity index (χ2v) is 23.9. The maximum absolute atomic E-state index is 12.5. The molecule has 1 amide bonds. The molecule has 6 nitrogen and oxygen atoms in total. The molecule has 0 aliphatic heterocycles. The molecule has 0 saturated carbocycles. The van der Waals surface area contributed by atoms with Crippen LogP contribution in [0.15, 0.2) is 24.3 Å². The first-order valence-electron chi connectivity index (χ1n) is 34.6. The van der Waals surface area contributed by atoms with Gasteiger partial charge in [0.25, 0.3) is 0 Å². The van der Waals surface area contributed by atoms with Gasteiger partial charge in [-0.05, 0) is 77.0 Å². The number of unbranched alkanes of at least 4 members (excludes halogenated alkanes) is 50. The Hall–Kier alpha value is -1.66. The summed E-state index contributed by atoms with van der Waals surface area (Å²) in [7, 11) is 0. The van der Waals surface area contributed by atoms with Crippen LogP contribution >= 0.6 is 0 Å². The molecule has 0 rings (SSSR count). The minimum absolute atomic E-state index is 0.00795. The molecule has 450 valence electrons. The van der Waals surface area contributed by atoms with E-state index in [2.05, 4.69) is 43.5 Å². The van der Waals surface area contributed by atoms with Crippen LogP contribution < -0.4 is 5.32 Å². The minimum atomic E-state index is -0.669. The monoisotopic (exact) mass is 1070 g/mol. The summed E-state index contributed by atoms with van der Waals surface area (Å²) in [5.74, 6) is -0.0304. The van der Waals surface area contributed by atoms with Crippen LogP contribution in [0.5, 0.6) is 0 Å². The van der Waals surface area contributed by atoms with Crippen molar-refractivity contribution in [3.63, 3.8) is 0 Å². The molecule has 0 saturated heterocycles. The Bertz CT molecular complexity index is 1190. The lowest BCUT2D eigenvalue weighted by molar-refractivity contribution is -0.143. The smallest absolute Gasteiger partial charge is 0.305 e. The van der Waals surface area contributed by atoms with E-state index in [0.29, 0.717) is 25.9 Å². The fraction of sp³-hybridized carbons (Fsp3) is 0.914. The number of aliphatic hydroxyl groups excluding tert-OH is 2. The normalized spacial score (nSPS) is 12.6. The lowest BCUT2D eigenvalue weighted by atomic mass is 10.0. The Morgan fingerprint density at radius 1 is 0.355 bits per heavy atom. The van der Waals surface area contributed by atoms with Crippen molar-refractivity contribution in [1.29, 1.82) is 0 Å². The highest BCUT2D eigenvalue weighted by atomic mass is 16.5. The SMILES string of the molecule is CCCCCCCCC/C=C\CCCCCCCCCC(=O)OCCCCCCCCCCCCC/C=C\CCCCCCCCCC(=O)NC(CO)C(O)CCCCCCCCCCCCCCCCCCCCC. The first-order chi connectivity index (χ1) is 37.5. The van der Waals surface area contributed by atoms with E-state index in [1.54, 1.807) is 0 Å². The predicted molar refractivity (Wildman–Crippen MR) is 333 cm³/mol. The van der Waals surface area contributed by atoms with Gasteiger partial charge in [-0.25, -0.2) is 0 Å². The zero-order valence-corrected chi connectivity index (χ0v) is 51.5. The first kappa shape index (κ1) is 74.3. The van der Waals surface area contributed by atoms with Crippen LogP contribution in [-0.2, 0) is 14.3 Å². The summed E-state index contributed by atoms with van der Waals surface area (Å²) in [6.45, 7) is 4.98. The van der Waals surface area contributed by atoms with E-state index in [-0.39, 0.29) is 18.5 Å². The standard InChI is InChI=1S/C70H135NO5/c1-3-5-7-9-11-13-15-17-19-21-27-30-34-38-42-46-50-54-58-62-68(73)67(66-72)71-69(74)63-59-55-51-47-43-39-35-31-28-25-23-24-26-29-33-37-41-45-49-53-57-61-65-76-70(75)64-60-56-52-48-44-40-36-32-22-20-18-16-14-12-10-8-6-4-2/h20,22,25,28,67-68,72-73H,3-19,21,23-24,26-27,29-66H2,1-2H3,(H,71,74)/b22-20-,28-25-. The molecule has 0 fully saturated rings. The van der Waals surface area contributed by atoms with E-state index in [0.717, 1.165) is 44.9 Å². The number of carbonyl (C=O) groups excluding carboxylic acids is 2. The van der Waals surface area contributed by atoms with Gasteiger partial charge in [0.15, 0.2) is 0 Å². The maximum atomic E-state index is 12.5. The van der Waals surface area contributed by atoms with E-state index in [4.69, 9.17) is 4.74 Å². The van der Waals surface area contributed by atoms with Crippen molar-refractivity contribution < 1.29 is 24.5 Å². The van der Waals surface area contributed by atoms with Crippen molar-refractivity contribution >= 4 is 11.9 Å². The fourth-order valence-electron chi connectivity index (χ4n) is 10.9. The van der Waals surface area contributed by atoms with Crippen molar-refractivity contribution in [3.8, 4) is 0 Å². The van der Waals surface area contributed by atoms with Crippen LogP contribution in [0.2, 0.25) is 0 Å². The van der Waals surface area contributed by atoms with Crippen molar-refractivity contribution in [1.82, 2.24) is 5.32 Å². The minimum Gasteiger partial charge on any atom is -0.466 e. The van der Waals surface area contributed by atoms with Crippen LogP contribution in [0.4, 0.5) is 0 Å². The zero-order valence-electron chi connectivity index (χ0n) is 51.5. The van der Waals surface area contributed by atoms with Crippen LogP contribution in [-0.4, -0.2) is 47.4 Å². The number of aliphatic hydroxyl groups is 2. The van der Waals surface area contributed by atoms with E-state index in [1.807, 2.05) is 0 Å². The predicted octanol–water partition coefficient (Wildman–Crippen LogP) is 22.1. The number of ether oxygens (including phenoxy) is 1. The molecular formula is C70H135NO5. The fourth-order valence-corrected chi connectivity index (χ4v) is 10.9. The van der Waals surface area contributed by atoms with Crippen molar-refractivity contribution in [3.05, 3.63) is 24.3 Å². The van der Waals surface area contributed by atoms with Gasteiger partial charge in [0.05, 0.1) is 25.4 Å². The Kier molecular flexibility index (Phi) is 64.4. The number of rotatable bonds is 65. The van der Waals surface area contributed by atoms with Gasteiger partial charge in [0, 0.05) is 12.8 Å². The molecule has 0 spiro atoms. The highest BCUT2D eigenvalue weighted by Gasteiger charge is 2.20. The summed E-state index contributed by atoms with van der Waals surface area (Å²) in [5.41, 5.74) is 0. The quantitative estimate of drug-likeness (QED) is 0.0320. The molecule has 0 aliphatic carbocycles. The highest BCUT2D eigenvalue weighted by molar-refractivity contribution is 5.76. The molecule has 0 aromatic rings. The molecule has 2 atom stereocenters. The molecule has 3 N–H and O–H groups in total. The Morgan fingerprint density at radius 2 is 0.618 bits per heavy atom. The van der Waals surface area contributed by atoms with Gasteiger partial charge in [-0.15, -0.1) is 0 Å². The molecule has 6 heteroatoms. The summed E-state index contributed by atoms with van der Waals surface area (Å²) < 4.78 is 5.50. The lowest BCUT2D eigenvalue weighted by Gasteiger charge is -2.22. The maximum Gasteiger partial charge on any atom is 0.305 e. The van der Waals surface area contributed by atoms with Gasteiger partial charge in [0.1, 0.15) is 0 Å². The summed E-state index contributed by atoms with van der Waals surface area (Å²) in [6.07, 6.45) is 82.1. The largest absolute Gasteiger partial charge is 0.466 e. The number of nitrogens with one attached hydrogen (secondary N) is 1. The average molecular weight is 1070 g/mol. The second-order valence-electron chi connectivity index (χ2n) is 23.9. The third-order valence-electron chi connectivity index (χ3n) is 16.2. The highest BCUT2D eigenvalue weighted by Crippen LogP contribution is 2.18. The molecule has 0 aliphatic rings. The number of hydrogen-bond acceptors (Lipinski definition) is 5. The zero-order chi connectivity index (χ0) is 55.0. The van der Waals surface area contributed by atoms with Crippen molar-refractivity contribution in [2.45, 2.75) is 398 Å². The van der Waals surface area contributed by atoms with Gasteiger partial charge in [-0.1, -0.05) is 321 Å². The number of carbonyl (C=O) groups is 2. The van der Waals surface area contributed by atoms with Gasteiger partial charge in [-0.3, -0.25) is 9.59 Å². The third kappa shape index (κ3) is 61.6. The van der Waals surface area contributed by atoms with E-state index in [9.17, 15) is 19.8 Å². The Labute approximate surface area is 475 Å². The van der Waals surface area contributed by atoms with Crippen LogP contribution in [0, 0.1) is 0 Å². The second kappa shape index (κ2) is 65.9. The summed E-state index contributed by atoms with van der Waals surface area (Å²) in [4.78, 5) is 24.6. The first-order valence-corrected chi connectivity index (χ1v) is 34.6. The van der Waals surface area contributed by atoms with Gasteiger partial charge in [0.2, 0.25) is 5.91 Å². The van der Waals surface area contributed by atoms with E-state index in [1.165, 1.54) is 308 Å². The van der Waals surface area contributed by atoms with E-state index >= 15 is 0 Å². The summed E-state index contributed by atoms with van der Waals surface area (Å²) in [5, 5.41) is 23.4. The molecule has 0 aromatic heterocycles. The number of amides is 1. The van der Waals surface area contributed by atoms with E-state index < -0.39 is 12.1 Å². The number of allylic oxidation sites excluding steroid dienone is 4. The van der Waals surface area contributed by atoms with Crippen LogP contribution in [0.25, 0.3) is 0 Å². The van der Waals surface area contributed by atoms with Crippen LogP contribution in [0.1, 0.15) is 386 Å². The lowest BCUT2D eigenvalue weighted by Crippen LogP contribution is -2.45. The third-order valence-corrected chi connectivity index (χ3v) is 16.2. The average Bonchev–Trinajstić information content (AvgIpc) is 3.42. The number of esters is 1. The molecule has 76 heavy (non-hydrogen) atoms. The molecular weight excluding hydrogens is 935 g/mol. The van der Waals surface area contributed by atoms with Gasteiger partial charge >= 0.3 is 5.97 Å². The van der Waals surface area contributed by atoms with Crippen molar-refractivity contribution in [2.75, 3.05) is 13.2 Å². The molecule has 0 radical (unpaired) electrons. The molecule has 0 heterocycles. The van der Waals surface area contributed by atoms with Gasteiger partial charge < -0.3 is 20.3 Å². The Balaban J connectivity index is 3.40. The molecule has 0 bridgehead atoms. The van der Waals surface area contributed by atoms with Crippen LogP contribution in [0.3, 0.4) is 0 Å².